The minimum absolute atomic E-state index is 0.124. The van der Waals surface area contributed by atoms with E-state index in [-0.39, 0.29) is 40.5 Å². The third kappa shape index (κ3) is 4.51. The molecule has 1 nitrogen and oxygen atoms in total. The molecule has 0 saturated heterocycles. The smallest absolute Gasteiger partial charge is 0.143 e. The van der Waals surface area contributed by atoms with Crippen LogP contribution in [-0.4, -0.2) is 0 Å². The SMILES string of the molecule is [2H]c1c([2H])c([2H])c2c(-c3cccc4oc5c(-c6cccc7ccccc67)cccc5c34)c([2H])c([2H])c(-c3c4ccccc4c(-c4ccccc4)c4ccccc34)c2c1[2H]. The van der Waals surface area contributed by atoms with Crippen molar-refractivity contribution in [2.24, 2.45) is 0 Å². The van der Waals surface area contributed by atoms with Gasteiger partial charge in [-0.15, -0.1) is 0 Å². The Bertz CT molecular complexity index is 3510. The van der Waals surface area contributed by atoms with E-state index in [0.717, 1.165) is 60.0 Å². The molecular formula is C52H32O. The third-order valence-electron chi connectivity index (χ3n) is 10.6. The van der Waals surface area contributed by atoms with Gasteiger partial charge in [-0.25, -0.2) is 0 Å². The molecule has 0 atom stereocenters. The number of para-hydroxylation sites is 1. The molecule has 0 N–H and O–H groups in total. The Morgan fingerprint density at radius 1 is 0.340 bits per heavy atom. The molecule has 0 aliphatic rings. The number of fused-ring (bicyclic) bond motifs is 7. The summed E-state index contributed by atoms with van der Waals surface area (Å²) in [6.45, 7) is 0. The molecular weight excluding hydrogens is 641 g/mol. The zero-order valence-corrected chi connectivity index (χ0v) is 28.4. The zero-order chi connectivity index (χ0) is 40.1. The summed E-state index contributed by atoms with van der Waals surface area (Å²) in [7, 11) is 0. The Hall–Kier alpha value is -6.96. The largest absolute Gasteiger partial charge is 0.455 e. The number of hydrogen-bond acceptors (Lipinski definition) is 1. The second-order valence-electron chi connectivity index (χ2n) is 13.4. The Morgan fingerprint density at radius 3 is 1.62 bits per heavy atom. The van der Waals surface area contributed by atoms with Gasteiger partial charge in [0.05, 0.1) is 8.22 Å². The summed E-state index contributed by atoms with van der Waals surface area (Å²) < 4.78 is 63.5. The van der Waals surface area contributed by atoms with E-state index in [9.17, 15) is 5.48 Å². The summed E-state index contributed by atoms with van der Waals surface area (Å²) in [6.07, 6.45) is 0. The lowest BCUT2D eigenvalue weighted by Gasteiger charge is -2.19. The summed E-state index contributed by atoms with van der Waals surface area (Å²) in [6, 6.07) is 50.7. The number of rotatable bonds is 4. The summed E-state index contributed by atoms with van der Waals surface area (Å²) in [5.74, 6) is 0. The maximum Gasteiger partial charge on any atom is 0.143 e. The van der Waals surface area contributed by atoms with Crippen molar-refractivity contribution in [1.29, 1.82) is 0 Å². The highest BCUT2D eigenvalue weighted by Crippen LogP contribution is 2.48. The number of benzene rings is 10. The molecule has 53 heavy (non-hydrogen) atoms. The first kappa shape index (κ1) is 24.3. The normalized spacial score (nSPS) is 13.4. The summed E-state index contributed by atoms with van der Waals surface area (Å²) >= 11 is 0. The Morgan fingerprint density at radius 2 is 0.868 bits per heavy atom. The fourth-order valence-corrected chi connectivity index (χ4v) is 8.37. The summed E-state index contributed by atoms with van der Waals surface area (Å²) in [5, 5.41) is 7.63. The maximum atomic E-state index is 9.96. The van der Waals surface area contributed by atoms with E-state index in [1.165, 1.54) is 0 Å². The molecule has 0 unspecified atom stereocenters. The van der Waals surface area contributed by atoms with Crippen molar-refractivity contribution in [2.75, 3.05) is 0 Å². The molecule has 11 rings (SSSR count). The topological polar surface area (TPSA) is 13.1 Å². The van der Waals surface area contributed by atoms with Crippen molar-refractivity contribution in [2.45, 2.75) is 0 Å². The molecule has 0 bridgehead atoms. The zero-order valence-electron chi connectivity index (χ0n) is 34.4. The molecule has 1 heteroatoms. The highest BCUT2D eigenvalue weighted by Gasteiger charge is 2.21. The number of furan rings is 1. The van der Waals surface area contributed by atoms with Gasteiger partial charge in [0, 0.05) is 16.3 Å². The lowest BCUT2D eigenvalue weighted by molar-refractivity contribution is 0.670. The van der Waals surface area contributed by atoms with Crippen LogP contribution in [0.2, 0.25) is 0 Å². The van der Waals surface area contributed by atoms with Crippen molar-refractivity contribution in [1.82, 2.24) is 0 Å². The van der Waals surface area contributed by atoms with Crippen molar-refractivity contribution in [3.63, 3.8) is 0 Å². The van der Waals surface area contributed by atoms with Crippen LogP contribution in [-0.2, 0) is 0 Å². The van der Waals surface area contributed by atoms with Gasteiger partial charge in [-0.2, -0.15) is 0 Å². The molecule has 0 spiro atoms. The minimum Gasteiger partial charge on any atom is -0.455 e. The molecule has 1 aromatic heterocycles. The van der Waals surface area contributed by atoms with Crippen molar-refractivity contribution >= 4 is 65.0 Å². The van der Waals surface area contributed by atoms with E-state index >= 15 is 0 Å². The van der Waals surface area contributed by atoms with Crippen molar-refractivity contribution < 1.29 is 12.6 Å². The lowest BCUT2D eigenvalue weighted by Crippen LogP contribution is -1.92. The molecule has 0 saturated carbocycles. The highest BCUT2D eigenvalue weighted by atomic mass is 16.3. The van der Waals surface area contributed by atoms with Gasteiger partial charge >= 0.3 is 0 Å². The second kappa shape index (κ2) is 11.8. The van der Waals surface area contributed by atoms with Crippen LogP contribution >= 0.6 is 0 Å². The molecule has 0 amide bonds. The average molecular weight is 679 g/mol. The van der Waals surface area contributed by atoms with Crippen LogP contribution in [0, 0.1) is 0 Å². The highest BCUT2D eigenvalue weighted by molar-refractivity contribution is 6.25. The monoisotopic (exact) mass is 678 g/mol. The van der Waals surface area contributed by atoms with Crippen molar-refractivity contribution in [3.05, 3.63) is 194 Å². The van der Waals surface area contributed by atoms with E-state index < -0.39 is 12.1 Å². The molecule has 0 radical (unpaired) electrons. The molecule has 11 aromatic rings. The van der Waals surface area contributed by atoms with Gasteiger partial charge in [0.2, 0.25) is 0 Å². The van der Waals surface area contributed by atoms with Crippen LogP contribution in [0.4, 0.5) is 0 Å². The summed E-state index contributed by atoms with van der Waals surface area (Å²) in [5.41, 5.74) is 7.01. The third-order valence-corrected chi connectivity index (χ3v) is 10.6. The van der Waals surface area contributed by atoms with Crippen molar-refractivity contribution in [3.8, 4) is 44.5 Å². The predicted octanol–water partition coefficient (Wildman–Crippen LogP) is 14.9. The van der Waals surface area contributed by atoms with Gasteiger partial charge in [-0.1, -0.05) is 188 Å². The lowest BCUT2D eigenvalue weighted by atomic mass is 9.83. The van der Waals surface area contributed by atoms with Gasteiger partial charge < -0.3 is 4.42 Å². The van der Waals surface area contributed by atoms with E-state index in [4.69, 9.17) is 7.16 Å². The first-order valence-electron chi connectivity index (χ1n) is 20.8. The number of hydrogen-bond donors (Lipinski definition) is 0. The molecule has 10 aromatic carbocycles. The predicted molar refractivity (Wildman–Crippen MR) is 225 cm³/mol. The minimum atomic E-state index is -0.400. The van der Waals surface area contributed by atoms with E-state index in [0.29, 0.717) is 33.2 Å². The molecule has 0 fully saturated rings. The maximum absolute atomic E-state index is 9.96. The first-order chi connectivity index (χ1) is 28.8. The van der Waals surface area contributed by atoms with E-state index in [1.54, 1.807) is 0 Å². The Labute approximate surface area is 315 Å². The molecule has 0 aliphatic heterocycles. The fourth-order valence-electron chi connectivity index (χ4n) is 8.37. The fraction of sp³-hybridized carbons (Fsp3) is 0. The van der Waals surface area contributed by atoms with Gasteiger partial charge in [0.1, 0.15) is 11.2 Å². The van der Waals surface area contributed by atoms with Crippen LogP contribution < -0.4 is 0 Å². The molecule has 1 heterocycles. The van der Waals surface area contributed by atoms with E-state index in [1.807, 2.05) is 109 Å². The Kier molecular flexibility index (Phi) is 5.40. The summed E-state index contributed by atoms with van der Waals surface area (Å²) in [4.78, 5) is 0. The van der Waals surface area contributed by atoms with Gasteiger partial charge in [-0.3, -0.25) is 0 Å². The Balaban J connectivity index is 1.28. The molecule has 246 valence electrons. The molecule has 0 aliphatic carbocycles. The second-order valence-corrected chi connectivity index (χ2v) is 13.4. The van der Waals surface area contributed by atoms with Crippen LogP contribution in [0.25, 0.3) is 110 Å². The van der Waals surface area contributed by atoms with E-state index in [2.05, 4.69) is 48.5 Å². The van der Waals surface area contributed by atoms with Crippen LogP contribution in [0.15, 0.2) is 198 Å². The van der Waals surface area contributed by atoms with Crippen LogP contribution in [0.1, 0.15) is 8.22 Å². The van der Waals surface area contributed by atoms with Gasteiger partial charge in [0.15, 0.2) is 0 Å². The van der Waals surface area contributed by atoms with Gasteiger partial charge in [-0.05, 0) is 88.1 Å². The van der Waals surface area contributed by atoms with Gasteiger partial charge in [0.25, 0.3) is 0 Å². The van der Waals surface area contributed by atoms with Crippen LogP contribution in [0.3, 0.4) is 0 Å². The standard InChI is InChI=1S/C52H32O/c1-2-16-34(17-3-1)49-41-22-8-10-24-43(41)50(44-25-11-9-23-42(44)49)45-32-31-39(37-20-6-7-21-38(37)45)40-27-14-30-48-51(40)47-29-13-28-46(52(47)53-48)36-26-12-18-33-15-4-5-19-35(33)36/h1-32H/i6D,7D,20D,21D,31D,32D. The van der Waals surface area contributed by atoms with Crippen LogP contribution in [0.5, 0.6) is 0 Å². The average Bonchev–Trinajstić information content (AvgIpc) is 3.67. The first-order valence-corrected chi connectivity index (χ1v) is 17.8. The quantitative estimate of drug-likeness (QED) is 0.169.